The average Bonchev–Trinajstić information content (AvgIpc) is 3.00. The van der Waals surface area contributed by atoms with Crippen LogP contribution in [0.3, 0.4) is 0 Å². The standard InChI is InChI=1S/C11H9N5O2S/c17-9(13-10-12-4-6-19-10)7-16-11(18)15-5-2-1-3-8(15)14-16/h1-6H,7H2,(H,12,13,17). The predicted molar refractivity (Wildman–Crippen MR) is 70.2 cm³/mol. The average molecular weight is 275 g/mol. The van der Waals surface area contributed by atoms with Crippen LogP contribution in [0.5, 0.6) is 0 Å². The van der Waals surface area contributed by atoms with Crippen molar-refractivity contribution >= 4 is 28.0 Å². The third kappa shape index (κ3) is 2.25. The van der Waals surface area contributed by atoms with Gasteiger partial charge in [-0.25, -0.2) is 14.5 Å². The summed E-state index contributed by atoms with van der Waals surface area (Å²) in [5.74, 6) is -0.333. The minimum absolute atomic E-state index is 0.139. The minimum Gasteiger partial charge on any atom is -0.300 e. The Morgan fingerprint density at radius 2 is 2.32 bits per heavy atom. The summed E-state index contributed by atoms with van der Waals surface area (Å²) in [7, 11) is 0. The first-order chi connectivity index (χ1) is 9.24. The van der Waals surface area contributed by atoms with Crippen molar-refractivity contribution < 1.29 is 4.79 Å². The third-order valence-electron chi connectivity index (χ3n) is 2.46. The van der Waals surface area contributed by atoms with E-state index >= 15 is 0 Å². The minimum atomic E-state index is -0.343. The van der Waals surface area contributed by atoms with Gasteiger partial charge in [0.1, 0.15) is 6.54 Å². The van der Waals surface area contributed by atoms with Crippen LogP contribution >= 0.6 is 11.3 Å². The summed E-state index contributed by atoms with van der Waals surface area (Å²) in [6.45, 7) is -0.139. The summed E-state index contributed by atoms with van der Waals surface area (Å²) in [6, 6.07) is 5.22. The fraction of sp³-hybridized carbons (Fsp3) is 0.0909. The van der Waals surface area contributed by atoms with E-state index in [4.69, 9.17) is 0 Å². The number of carbonyl (C=O) groups excluding carboxylic acids is 1. The number of anilines is 1. The van der Waals surface area contributed by atoms with Gasteiger partial charge in [-0.1, -0.05) is 6.07 Å². The van der Waals surface area contributed by atoms with Crippen LogP contribution in [0, 0.1) is 0 Å². The Balaban J connectivity index is 1.83. The quantitative estimate of drug-likeness (QED) is 0.758. The molecule has 0 radical (unpaired) electrons. The first kappa shape index (κ1) is 11.6. The molecule has 0 aliphatic carbocycles. The van der Waals surface area contributed by atoms with Gasteiger partial charge in [-0.15, -0.1) is 16.4 Å². The van der Waals surface area contributed by atoms with Crippen molar-refractivity contribution in [2.24, 2.45) is 0 Å². The molecule has 3 aromatic rings. The van der Waals surface area contributed by atoms with Crippen LogP contribution in [0.1, 0.15) is 0 Å². The summed E-state index contributed by atoms with van der Waals surface area (Å²) in [5.41, 5.74) is 0.166. The maximum absolute atomic E-state index is 11.9. The van der Waals surface area contributed by atoms with Crippen LogP contribution in [-0.2, 0) is 11.3 Å². The number of carbonyl (C=O) groups is 1. The lowest BCUT2D eigenvalue weighted by atomic mass is 10.5. The number of hydrogen-bond donors (Lipinski definition) is 1. The topological polar surface area (TPSA) is 81.3 Å². The molecule has 8 heteroatoms. The number of hydrogen-bond acceptors (Lipinski definition) is 5. The Hall–Kier alpha value is -2.48. The van der Waals surface area contributed by atoms with Gasteiger partial charge in [0, 0.05) is 17.8 Å². The zero-order valence-electron chi connectivity index (χ0n) is 9.68. The highest BCUT2D eigenvalue weighted by atomic mass is 32.1. The van der Waals surface area contributed by atoms with Gasteiger partial charge in [-0.2, -0.15) is 0 Å². The monoisotopic (exact) mass is 275 g/mol. The van der Waals surface area contributed by atoms with Gasteiger partial charge in [-0.3, -0.25) is 9.20 Å². The van der Waals surface area contributed by atoms with Crippen molar-refractivity contribution in [3.63, 3.8) is 0 Å². The van der Waals surface area contributed by atoms with Crippen molar-refractivity contribution in [2.75, 3.05) is 5.32 Å². The highest BCUT2D eigenvalue weighted by molar-refractivity contribution is 7.13. The molecule has 0 unspecified atom stereocenters. The normalized spacial score (nSPS) is 10.7. The van der Waals surface area contributed by atoms with Crippen molar-refractivity contribution in [2.45, 2.75) is 6.54 Å². The number of nitrogens with zero attached hydrogens (tertiary/aromatic N) is 4. The summed E-state index contributed by atoms with van der Waals surface area (Å²) in [5, 5.41) is 8.93. The van der Waals surface area contributed by atoms with Gasteiger partial charge in [-0.05, 0) is 12.1 Å². The fourth-order valence-corrected chi connectivity index (χ4v) is 2.20. The van der Waals surface area contributed by atoms with E-state index in [9.17, 15) is 9.59 Å². The zero-order chi connectivity index (χ0) is 13.2. The molecule has 0 aromatic carbocycles. The Labute approximate surface area is 111 Å². The number of rotatable bonds is 3. The summed E-state index contributed by atoms with van der Waals surface area (Å²) >= 11 is 1.31. The second kappa shape index (κ2) is 4.65. The maximum Gasteiger partial charge on any atom is 0.350 e. The lowest BCUT2D eigenvalue weighted by molar-refractivity contribution is -0.117. The van der Waals surface area contributed by atoms with E-state index in [0.717, 1.165) is 4.68 Å². The molecule has 0 aliphatic heterocycles. The van der Waals surface area contributed by atoms with Crippen LogP contribution in [-0.4, -0.2) is 25.1 Å². The van der Waals surface area contributed by atoms with Gasteiger partial charge >= 0.3 is 5.69 Å². The van der Waals surface area contributed by atoms with Crippen LogP contribution in [0.25, 0.3) is 5.65 Å². The van der Waals surface area contributed by atoms with Crippen molar-refractivity contribution in [3.05, 3.63) is 46.5 Å². The number of fused-ring (bicyclic) bond motifs is 1. The Morgan fingerprint density at radius 1 is 1.42 bits per heavy atom. The zero-order valence-corrected chi connectivity index (χ0v) is 10.5. The van der Waals surface area contributed by atoms with Gasteiger partial charge < -0.3 is 5.32 Å². The second-order valence-corrected chi connectivity index (χ2v) is 4.65. The number of thiazole rings is 1. The molecule has 1 amide bonds. The molecular formula is C11H9N5O2S. The van der Waals surface area contributed by atoms with Crippen LogP contribution < -0.4 is 11.0 Å². The van der Waals surface area contributed by atoms with E-state index in [1.54, 1.807) is 36.0 Å². The second-order valence-electron chi connectivity index (χ2n) is 3.75. The number of pyridine rings is 1. The Kier molecular flexibility index (Phi) is 2.84. The molecule has 0 saturated heterocycles. The molecule has 0 atom stereocenters. The Bertz CT molecular complexity index is 774. The SMILES string of the molecule is O=C(Cn1nc2ccccn2c1=O)Nc1nccs1. The smallest absolute Gasteiger partial charge is 0.300 e. The maximum atomic E-state index is 11.9. The molecule has 3 heterocycles. The highest BCUT2D eigenvalue weighted by Gasteiger charge is 2.10. The van der Waals surface area contributed by atoms with Crippen LogP contribution in [0.15, 0.2) is 40.8 Å². The Morgan fingerprint density at radius 3 is 3.05 bits per heavy atom. The fourth-order valence-electron chi connectivity index (χ4n) is 1.65. The molecule has 19 heavy (non-hydrogen) atoms. The molecule has 0 spiro atoms. The molecule has 3 rings (SSSR count). The largest absolute Gasteiger partial charge is 0.350 e. The van der Waals surface area contributed by atoms with Crippen molar-refractivity contribution in [1.29, 1.82) is 0 Å². The van der Waals surface area contributed by atoms with Crippen molar-refractivity contribution in [3.8, 4) is 0 Å². The van der Waals surface area contributed by atoms with Crippen molar-refractivity contribution in [1.82, 2.24) is 19.2 Å². The third-order valence-corrected chi connectivity index (χ3v) is 3.15. The van der Waals surface area contributed by atoms with E-state index < -0.39 is 0 Å². The van der Waals surface area contributed by atoms with Gasteiger partial charge in [0.15, 0.2) is 10.8 Å². The highest BCUT2D eigenvalue weighted by Crippen LogP contribution is 2.09. The molecule has 0 fully saturated rings. The van der Waals surface area contributed by atoms with E-state index in [0.29, 0.717) is 10.8 Å². The summed E-state index contributed by atoms with van der Waals surface area (Å²) in [4.78, 5) is 27.6. The predicted octanol–water partition coefficient (Wildman–Crippen LogP) is 0.591. The molecule has 7 nitrogen and oxygen atoms in total. The van der Waals surface area contributed by atoms with Gasteiger partial charge in [0.2, 0.25) is 5.91 Å². The summed E-state index contributed by atoms with van der Waals surface area (Å²) < 4.78 is 2.51. The van der Waals surface area contributed by atoms with E-state index in [-0.39, 0.29) is 18.1 Å². The van der Waals surface area contributed by atoms with Crippen LogP contribution in [0.2, 0.25) is 0 Å². The molecular weight excluding hydrogens is 266 g/mol. The first-order valence-electron chi connectivity index (χ1n) is 5.47. The molecule has 1 N–H and O–H groups in total. The molecule has 0 aliphatic rings. The number of aromatic nitrogens is 4. The van der Waals surface area contributed by atoms with Crippen LogP contribution in [0.4, 0.5) is 5.13 Å². The molecule has 0 bridgehead atoms. The molecule has 3 aromatic heterocycles. The van der Waals surface area contributed by atoms with E-state index in [2.05, 4.69) is 15.4 Å². The number of nitrogens with one attached hydrogen (secondary N) is 1. The molecule has 96 valence electrons. The summed E-state index contributed by atoms with van der Waals surface area (Å²) in [6.07, 6.45) is 3.21. The molecule has 0 saturated carbocycles. The van der Waals surface area contributed by atoms with Gasteiger partial charge in [0.25, 0.3) is 0 Å². The lowest BCUT2D eigenvalue weighted by Crippen LogP contribution is -2.28. The van der Waals surface area contributed by atoms with E-state index in [1.165, 1.54) is 15.7 Å². The van der Waals surface area contributed by atoms with Gasteiger partial charge in [0.05, 0.1) is 0 Å². The first-order valence-corrected chi connectivity index (χ1v) is 6.35. The number of amides is 1. The van der Waals surface area contributed by atoms with E-state index in [1.807, 2.05) is 0 Å². The lowest BCUT2D eigenvalue weighted by Gasteiger charge is -1.99.